The SMILES string of the molecule is Cc1cc2cc(C(C)C)ccc2n1Cc1ccc(C(F)(F)F)cc1. The summed E-state index contributed by atoms with van der Waals surface area (Å²) in [6.07, 6.45) is -4.29. The van der Waals surface area contributed by atoms with Crippen LogP contribution in [-0.2, 0) is 12.7 Å². The highest BCUT2D eigenvalue weighted by atomic mass is 19.4. The molecule has 24 heavy (non-hydrogen) atoms. The van der Waals surface area contributed by atoms with Crippen molar-refractivity contribution < 1.29 is 13.2 Å². The van der Waals surface area contributed by atoms with Gasteiger partial charge in [0, 0.05) is 23.1 Å². The van der Waals surface area contributed by atoms with Gasteiger partial charge in [-0.2, -0.15) is 13.2 Å². The second-order valence-electron chi connectivity index (χ2n) is 6.54. The second kappa shape index (κ2) is 6.00. The van der Waals surface area contributed by atoms with Crippen LogP contribution in [0.1, 0.15) is 42.1 Å². The summed E-state index contributed by atoms with van der Waals surface area (Å²) in [6, 6.07) is 13.9. The van der Waals surface area contributed by atoms with Crippen molar-refractivity contribution >= 4 is 10.9 Å². The molecule has 0 spiro atoms. The number of aryl methyl sites for hydroxylation is 1. The molecule has 1 aromatic heterocycles. The lowest BCUT2D eigenvalue weighted by Gasteiger charge is -2.11. The van der Waals surface area contributed by atoms with Gasteiger partial charge in [0.2, 0.25) is 0 Å². The molecule has 3 rings (SSSR count). The van der Waals surface area contributed by atoms with Crippen LogP contribution in [0.25, 0.3) is 10.9 Å². The van der Waals surface area contributed by atoms with Gasteiger partial charge in [0.05, 0.1) is 5.56 Å². The molecule has 3 aromatic rings. The summed E-state index contributed by atoms with van der Waals surface area (Å²) in [5, 5.41) is 1.17. The van der Waals surface area contributed by atoms with Crippen molar-refractivity contribution in [3.63, 3.8) is 0 Å². The smallest absolute Gasteiger partial charge is 0.340 e. The zero-order valence-electron chi connectivity index (χ0n) is 14.0. The minimum absolute atomic E-state index is 0.466. The maximum absolute atomic E-state index is 12.7. The van der Waals surface area contributed by atoms with Crippen molar-refractivity contribution in [3.05, 3.63) is 70.9 Å². The number of alkyl halides is 3. The molecule has 0 aliphatic heterocycles. The lowest BCUT2D eigenvalue weighted by atomic mass is 10.0. The third-order valence-electron chi connectivity index (χ3n) is 4.42. The summed E-state index contributed by atoms with van der Waals surface area (Å²) in [6.45, 7) is 6.91. The molecule has 0 amide bonds. The van der Waals surface area contributed by atoms with Crippen LogP contribution in [0, 0.1) is 6.92 Å². The van der Waals surface area contributed by atoms with E-state index in [1.165, 1.54) is 10.9 Å². The molecule has 2 aromatic carbocycles. The van der Waals surface area contributed by atoms with Crippen molar-refractivity contribution in [2.45, 2.75) is 39.4 Å². The number of hydrogen-bond donors (Lipinski definition) is 0. The van der Waals surface area contributed by atoms with Crippen molar-refractivity contribution in [3.8, 4) is 0 Å². The van der Waals surface area contributed by atoms with E-state index in [0.717, 1.165) is 28.9 Å². The fraction of sp³-hybridized carbons (Fsp3) is 0.300. The molecule has 1 heterocycles. The van der Waals surface area contributed by atoms with Gasteiger partial charge in [-0.3, -0.25) is 0 Å². The zero-order valence-corrected chi connectivity index (χ0v) is 14.0. The van der Waals surface area contributed by atoms with Crippen LogP contribution in [0.15, 0.2) is 48.5 Å². The monoisotopic (exact) mass is 331 g/mol. The van der Waals surface area contributed by atoms with Gasteiger partial charge in [0.25, 0.3) is 0 Å². The molecule has 0 atom stereocenters. The van der Waals surface area contributed by atoms with E-state index in [2.05, 4.69) is 42.7 Å². The Morgan fingerprint density at radius 3 is 2.21 bits per heavy atom. The maximum atomic E-state index is 12.7. The van der Waals surface area contributed by atoms with Crippen LogP contribution in [0.5, 0.6) is 0 Å². The Morgan fingerprint density at radius 2 is 1.62 bits per heavy atom. The normalized spacial score (nSPS) is 12.3. The van der Waals surface area contributed by atoms with E-state index in [0.29, 0.717) is 12.5 Å². The first-order chi connectivity index (χ1) is 11.3. The van der Waals surface area contributed by atoms with Crippen LogP contribution in [0.3, 0.4) is 0 Å². The largest absolute Gasteiger partial charge is 0.416 e. The summed E-state index contributed by atoms with van der Waals surface area (Å²) in [4.78, 5) is 0. The van der Waals surface area contributed by atoms with Crippen LogP contribution < -0.4 is 0 Å². The van der Waals surface area contributed by atoms with E-state index in [1.807, 2.05) is 6.92 Å². The molecule has 1 nitrogen and oxygen atoms in total. The summed E-state index contributed by atoms with van der Waals surface area (Å²) in [5.41, 5.74) is 3.75. The first-order valence-corrected chi connectivity index (χ1v) is 8.01. The molecular formula is C20H20F3N. The molecule has 0 fully saturated rings. The molecule has 126 valence electrons. The van der Waals surface area contributed by atoms with Gasteiger partial charge in [-0.25, -0.2) is 0 Å². The molecule has 0 aliphatic carbocycles. The maximum Gasteiger partial charge on any atom is 0.416 e. The first-order valence-electron chi connectivity index (χ1n) is 8.01. The second-order valence-corrected chi connectivity index (χ2v) is 6.54. The van der Waals surface area contributed by atoms with Crippen LogP contribution in [0.2, 0.25) is 0 Å². The quantitative estimate of drug-likeness (QED) is 0.543. The third kappa shape index (κ3) is 3.18. The Morgan fingerprint density at radius 1 is 0.958 bits per heavy atom. The van der Waals surface area contributed by atoms with Crippen LogP contribution in [0.4, 0.5) is 13.2 Å². The fourth-order valence-corrected chi connectivity index (χ4v) is 2.98. The molecule has 0 aliphatic rings. The molecule has 0 N–H and O–H groups in total. The fourth-order valence-electron chi connectivity index (χ4n) is 2.98. The Balaban J connectivity index is 1.94. The Hall–Kier alpha value is -2.23. The minimum atomic E-state index is -4.29. The van der Waals surface area contributed by atoms with Gasteiger partial charge in [0.15, 0.2) is 0 Å². The topological polar surface area (TPSA) is 4.93 Å². The van der Waals surface area contributed by atoms with Crippen molar-refractivity contribution in [2.75, 3.05) is 0 Å². The number of halogens is 3. The highest BCUT2D eigenvalue weighted by Crippen LogP contribution is 2.30. The molecule has 0 radical (unpaired) electrons. The average molecular weight is 331 g/mol. The Bertz CT molecular complexity index is 855. The van der Waals surface area contributed by atoms with E-state index < -0.39 is 11.7 Å². The zero-order chi connectivity index (χ0) is 17.5. The lowest BCUT2D eigenvalue weighted by Crippen LogP contribution is -2.06. The van der Waals surface area contributed by atoms with Crippen LogP contribution >= 0.6 is 0 Å². The number of rotatable bonds is 3. The van der Waals surface area contributed by atoms with E-state index in [4.69, 9.17) is 0 Å². The number of benzene rings is 2. The molecule has 0 unspecified atom stereocenters. The summed E-state index contributed by atoms with van der Waals surface area (Å²) >= 11 is 0. The molecule has 0 saturated heterocycles. The van der Waals surface area contributed by atoms with Crippen molar-refractivity contribution in [1.29, 1.82) is 0 Å². The third-order valence-corrected chi connectivity index (χ3v) is 4.42. The van der Waals surface area contributed by atoms with Gasteiger partial charge in [-0.15, -0.1) is 0 Å². The van der Waals surface area contributed by atoms with Gasteiger partial charge in [0.1, 0.15) is 0 Å². The van der Waals surface area contributed by atoms with E-state index in [1.54, 1.807) is 12.1 Å². The van der Waals surface area contributed by atoms with E-state index >= 15 is 0 Å². The predicted molar refractivity (Wildman–Crippen MR) is 91.3 cm³/mol. The van der Waals surface area contributed by atoms with Gasteiger partial charge >= 0.3 is 6.18 Å². The minimum Gasteiger partial charge on any atom is -0.340 e. The first kappa shape index (κ1) is 16.6. The van der Waals surface area contributed by atoms with Gasteiger partial charge in [-0.1, -0.05) is 32.0 Å². The highest BCUT2D eigenvalue weighted by molar-refractivity contribution is 5.82. The van der Waals surface area contributed by atoms with E-state index in [9.17, 15) is 13.2 Å². The number of hydrogen-bond acceptors (Lipinski definition) is 0. The average Bonchev–Trinajstić information content (AvgIpc) is 2.82. The number of nitrogens with zero attached hydrogens (tertiary/aromatic N) is 1. The molecular weight excluding hydrogens is 311 g/mol. The molecule has 4 heteroatoms. The van der Waals surface area contributed by atoms with Crippen molar-refractivity contribution in [1.82, 2.24) is 4.57 Å². The van der Waals surface area contributed by atoms with Crippen LogP contribution in [-0.4, -0.2) is 4.57 Å². The number of aromatic nitrogens is 1. The molecule has 0 saturated carbocycles. The standard InChI is InChI=1S/C20H20F3N/c1-13(2)16-6-9-19-17(11-16)10-14(3)24(19)12-15-4-7-18(8-5-15)20(21,22)23/h4-11,13H,12H2,1-3H3. The predicted octanol–water partition coefficient (Wildman–Crippen LogP) is 6.14. The summed E-state index contributed by atoms with van der Waals surface area (Å²) in [5.74, 6) is 0.466. The molecule has 0 bridgehead atoms. The lowest BCUT2D eigenvalue weighted by molar-refractivity contribution is -0.137. The van der Waals surface area contributed by atoms with E-state index in [-0.39, 0.29) is 0 Å². The number of fused-ring (bicyclic) bond motifs is 1. The summed E-state index contributed by atoms with van der Waals surface area (Å²) < 4.78 is 40.1. The van der Waals surface area contributed by atoms with Gasteiger partial charge in [-0.05, 0) is 54.3 Å². The Kier molecular flexibility index (Phi) is 4.16. The summed E-state index contributed by atoms with van der Waals surface area (Å²) in [7, 11) is 0. The van der Waals surface area contributed by atoms with Crippen molar-refractivity contribution in [2.24, 2.45) is 0 Å². The highest BCUT2D eigenvalue weighted by Gasteiger charge is 2.29. The van der Waals surface area contributed by atoms with Gasteiger partial charge < -0.3 is 4.57 Å². The Labute approximate surface area is 139 Å².